The molecule has 8 nitrogen and oxygen atoms in total. The Balaban J connectivity index is 0.000000219. The van der Waals surface area contributed by atoms with Crippen molar-refractivity contribution in [1.29, 1.82) is 0 Å². The quantitative estimate of drug-likeness (QED) is 0.639. The van der Waals surface area contributed by atoms with Gasteiger partial charge in [0.1, 0.15) is 6.10 Å². The van der Waals surface area contributed by atoms with Crippen LogP contribution in [0.2, 0.25) is 0 Å². The zero-order valence-corrected chi connectivity index (χ0v) is 11.7. The molecule has 0 radical (unpaired) electrons. The lowest BCUT2D eigenvalue weighted by Gasteiger charge is -2.15. The second-order valence-electron chi connectivity index (χ2n) is 4.74. The number of non-ortho nitro benzene ring substituents is 1. The summed E-state index contributed by atoms with van der Waals surface area (Å²) in [5.74, 6) is -1.59. The van der Waals surface area contributed by atoms with E-state index in [4.69, 9.17) is 19.7 Å². The first kappa shape index (κ1) is 17.0. The number of hydrogen-bond donors (Lipinski definition) is 2. The van der Waals surface area contributed by atoms with E-state index in [0.29, 0.717) is 6.61 Å². The summed E-state index contributed by atoms with van der Waals surface area (Å²) in [6.45, 7) is 4.22. The molecule has 1 unspecified atom stereocenters. The summed E-state index contributed by atoms with van der Waals surface area (Å²) in [7, 11) is 0. The van der Waals surface area contributed by atoms with Crippen LogP contribution in [0.15, 0.2) is 24.3 Å². The van der Waals surface area contributed by atoms with Gasteiger partial charge in [0.25, 0.3) is 5.69 Å². The van der Waals surface area contributed by atoms with Crippen LogP contribution in [0.25, 0.3) is 0 Å². The van der Waals surface area contributed by atoms with Gasteiger partial charge < -0.3 is 19.7 Å². The minimum absolute atomic E-state index is 0.0422. The van der Waals surface area contributed by atoms with E-state index in [1.54, 1.807) is 0 Å². The highest BCUT2D eigenvalue weighted by atomic mass is 16.7. The SMILES string of the molecule is CC1(C)OCC(CO)O1.O=C(O)c1ccc([N+](=O)[O-])cc1. The van der Waals surface area contributed by atoms with E-state index < -0.39 is 16.7 Å². The van der Waals surface area contributed by atoms with Crippen LogP contribution in [-0.2, 0) is 9.47 Å². The molecule has 0 amide bonds. The number of aromatic carboxylic acids is 1. The van der Waals surface area contributed by atoms with Gasteiger partial charge in [0.15, 0.2) is 5.79 Å². The zero-order chi connectivity index (χ0) is 16.0. The molecule has 1 atom stereocenters. The molecule has 0 bridgehead atoms. The topological polar surface area (TPSA) is 119 Å². The summed E-state index contributed by atoms with van der Waals surface area (Å²) < 4.78 is 10.4. The molecular formula is C13H17NO7. The number of nitro benzene ring substituents is 1. The number of aliphatic hydroxyl groups is 1. The Bertz CT molecular complexity index is 465. The van der Waals surface area contributed by atoms with Crippen molar-refractivity contribution in [2.24, 2.45) is 0 Å². The molecular weight excluding hydrogens is 282 g/mol. The average molecular weight is 299 g/mol. The Labute approximate surface area is 121 Å². The third-order valence-corrected chi connectivity index (χ3v) is 2.60. The van der Waals surface area contributed by atoms with Crippen molar-refractivity contribution < 1.29 is 29.4 Å². The minimum atomic E-state index is -1.09. The molecule has 0 aromatic heterocycles. The van der Waals surface area contributed by atoms with Crippen LogP contribution in [0.5, 0.6) is 0 Å². The fraction of sp³-hybridized carbons (Fsp3) is 0.462. The van der Waals surface area contributed by atoms with Crippen molar-refractivity contribution in [3.8, 4) is 0 Å². The first-order valence-corrected chi connectivity index (χ1v) is 6.15. The number of carbonyl (C=O) groups is 1. The van der Waals surface area contributed by atoms with Gasteiger partial charge in [-0.15, -0.1) is 0 Å². The van der Waals surface area contributed by atoms with Crippen LogP contribution in [0.3, 0.4) is 0 Å². The van der Waals surface area contributed by atoms with Crippen molar-refractivity contribution in [1.82, 2.24) is 0 Å². The van der Waals surface area contributed by atoms with Crippen molar-refractivity contribution >= 4 is 11.7 Å². The summed E-state index contributed by atoms with van der Waals surface area (Å²) in [6, 6.07) is 4.70. The molecule has 1 heterocycles. The van der Waals surface area contributed by atoms with Crippen LogP contribution in [-0.4, -0.2) is 46.2 Å². The van der Waals surface area contributed by atoms with Crippen molar-refractivity contribution in [2.45, 2.75) is 25.7 Å². The number of benzene rings is 1. The smallest absolute Gasteiger partial charge is 0.335 e. The average Bonchev–Trinajstić information content (AvgIpc) is 2.79. The summed E-state index contributed by atoms with van der Waals surface area (Å²) >= 11 is 0. The standard InChI is InChI=1S/C7H5NO4.C6H12O3/c9-7(10)5-1-3-6(4-2-5)8(11)12;1-6(2)8-4-5(3-7)9-6/h1-4H,(H,9,10);5,7H,3-4H2,1-2H3. The van der Waals surface area contributed by atoms with Gasteiger partial charge in [-0.2, -0.15) is 0 Å². The molecule has 2 N–H and O–H groups in total. The third-order valence-electron chi connectivity index (χ3n) is 2.60. The molecule has 1 fully saturated rings. The second kappa shape index (κ2) is 7.11. The molecule has 1 saturated heterocycles. The van der Waals surface area contributed by atoms with Gasteiger partial charge in [0, 0.05) is 12.1 Å². The number of ether oxygens (including phenoxy) is 2. The molecule has 116 valence electrons. The first-order chi connectivity index (χ1) is 9.75. The van der Waals surface area contributed by atoms with Gasteiger partial charge in [-0.3, -0.25) is 10.1 Å². The van der Waals surface area contributed by atoms with E-state index in [1.807, 2.05) is 13.8 Å². The van der Waals surface area contributed by atoms with Crippen LogP contribution < -0.4 is 0 Å². The normalized spacial score (nSPS) is 19.5. The summed E-state index contributed by atoms with van der Waals surface area (Å²) in [5, 5.41) is 27.2. The lowest BCUT2D eigenvalue weighted by molar-refractivity contribution is -0.384. The lowest BCUT2D eigenvalue weighted by atomic mass is 10.2. The number of aliphatic hydroxyl groups excluding tert-OH is 1. The Morgan fingerprint density at radius 1 is 1.43 bits per heavy atom. The van der Waals surface area contributed by atoms with E-state index in [9.17, 15) is 14.9 Å². The van der Waals surface area contributed by atoms with Crippen molar-refractivity contribution in [3.05, 3.63) is 39.9 Å². The van der Waals surface area contributed by atoms with Gasteiger partial charge in [0.2, 0.25) is 0 Å². The highest BCUT2D eigenvalue weighted by molar-refractivity contribution is 5.87. The summed E-state index contributed by atoms with van der Waals surface area (Å²) in [6.07, 6.45) is -0.125. The number of nitrogens with zero attached hydrogens (tertiary/aromatic N) is 1. The molecule has 1 aliphatic rings. The Morgan fingerprint density at radius 3 is 2.29 bits per heavy atom. The van der Waals surface area contributed by atoms with Crippen LogP contribution in [0.1, 0.15) is 24.2 Å². The van der Waals surface area contributed by atoms with Gasteiger partial charge >= 0.3 is 5.97 Å². The summed E-state index contributed by atoms with van der Waals surface area (Å²) in [4.78, 5) is 19.9. The highest BCUT2D eigenvalue weighted by Crippen LogP contribution is 2.21. The van der Waals surface area contributed by atoms with E-state index in [0.717, 1.165) is 12.1 Å². The van der Waals surface area contributed by atoms with Crippen molar-refractivity contribution in [3.63, 3.8) is 0 Å². The molecule has 2 rings (SSSR count). The predicted octanol–water partition coefficient (Wildman–Crippen LogP) is 1.42. The van der Waals surface area contributed by atoms with Crippen LogP contribution >= 0.6 is 0 Å². The van der Waals surface area contributed by atoms with Gasteiger partial charge in [-0.05, 0) is 26.0 Å². The largest absolute Gasteiger partial charge is 0.478 e. The second-order valence-corrected chi connectivity index (χ2v) is 4.74. The van der Waals surface area contributed by atoms with Crippen LogP contribution in [0.4, 0.5) is 5.69 Å². The maximum absolute atomic E-state index is 10.3. The fourth-order valence-corrected chi connectivity index (χ4v) is 1.58. The molecule has 1 aliphatic heterocycles. The molecule has 8 heteroatoms. The minimum Gasteiger partial charge on any atom is -0.478 e. The monoisotopic (exact) mass is 299 g/mol. The molecule has 1 aromatic rings. The molecule has 21 heavy (non-hydrogen) atoms. The zero-order valence-electron chi connectivity index (χ0n) is 11.7. The number of hydrogen-bond acceptors (Lipinski definition) is 6. The number of nitro groups is 1. The van der Waals surface area contributed by atoms with Crippen LogP contribution in [0, 0.1) is 10.1 Å². The number of rotatable bonds is 3. The Morgan fingerprint density at radius 2 is 2.00 bits per heavy atom. The number of carboxylic acid groups (broad SMARTS) is 1. The maximum Gasteiger partial charge on any atom is 0.335 e. The van der Waals surface area contributed by atoms with E-state index in [1.165, 1.54) is 12.1 Å². The molecule has 1 aromatic carbocycles. The Hall–Kier alpha value is -2.03. The van der Waals surface area contributed by atoms with Gasteiger partial charge in [-0.1, -0.05) is 0 Å². The fourth-order valence-electron chi connectivity index (χ4n) is 1.58. The summed E-state index contributed by atoms with van der Waals surface area (Å²) in [5.41, 5.74) is -0.0689. The van der Waals surface area contributed by atoms with E-state index in [-0.39, 0.29) is 24.0 Å². The maximum atomic E-state index is 10.3. The Kier molecular flexibility index (Phi) is 5.77. The van der Waals surface area contributed by atoms with Crippen molar-refractivity contribution in [2.75, 3.05) is 13.2 Å². The molecule has 0 aliphatic carbocycles. The first-order valence-electron chi connectivity index (χ1n) is 6.15. The third kappa shape index (κ3) is 5.46. The van der Waals surface area contributed by atoms with Gasteiger partial charge in [0.05, 0.1) is 23.7 Å². The highest BCUT2D eigenvalue weighted by Gasteiger charge is 2.31. The molecule has 0 spiro atoms. The molecule has 0 saturated carbocycles. The van der Waals surface area contributed by atoms with Gasteiger partial charge in [-0.25, -0.2) is 4.79 Å². The van der Waals surface area contributed by atoms with E-state index in [2.05, 4.69) is 0 Å². The number of carboxylic acids is 1. The van der Waals surface area contributed by atoms with E-state index >= 15 is 0 Å². The lowest BCUT2D eigenvalue weighted by Crippen LogP contribution is -2.22. The predicted molar refractivity (Wildman–Crippen MR) is 72.0 cm³/mol.